The summed E-state index contributed by atoms with van der Waals surface area (Å²) in [5, 5.41) is 13.1. The first-order chi connectivity index (χ1) is 27.5. The maximum Gasteiger partial charge on any atom is 0.0433 e. The van der Waals surface area contributed by atoms with E-state index in [0.29, 0.717) is 0 Å². The lowest BCUT2D eigenvalue weighted by atomic mass is 9.80. The fourth-order valence-electron chi connectivity index (χ4n) is 10.0. The van der Waals surface area contributed by atoms with Crippen molar-refractivity contribution in [1.82, 2.24) is 0 Å². The molecule has 0 N–H and O–H groups in total. The second kappa shape index (κ2) is 11.7. The zero-order valence-corrected chi connectivity index (χ0v) is 32.0. The van der Waals surface area contributed by atoms with Crippen LogP contribution in [0.2, 0.25) is 0 Å². The van der Waals surface area contributed by atoms with Gasteiger partial charge in [0, 0.05) is 25.6 Å². The molecular formula is C55H36S. The van der Waals surface area contributed by atoms with Crippen LogP contribution in [0.4, 0.5) is 0 Å². The lowest BCUT2D eigenvalue weighted by molar-refractivity contribution is 0.667. The Hall–Kier alpha value is -6.54. The highest BCUT2D eigenvalue weighted by Crippen LogP contribution is 2.56. The number of fused-ring (bicyclic) bond motifs is 12. The van der Waals surface area contributed by atoms with Crippen LogP contribution in [0.1, 0.15) is 25.0 Å². The average Bonchev–Trinajstić information content (AvgIpc) is 3.74. The van der Waals surface area contributed by atoms with Gasteiger partial charge in [0.2, 0.25) is 0 Å². The van der Waals surface area contributed by atoms with Crippen LogP contribution in [-0.4, -0.2) is 0 Å². The molecule has 12 rings (SSSR count). The highest BCUT2D eigenvalue weighted by atomic mass is 32.1. The Balaban J connectivity index is 1.06. The fourth-order valence-corrected chi connectivity index (χ4v) is 11.3. The van der Waals surface area contributed by atoms with Crippen molar-refractivity contribution in [3.63, 3.8) is 0 Å². The summed E-state index contributed by atoms with van der Waals surface area (Å²) < 4.78 is 2.76. The van der Waals surface area contributed by atoms with E-state index in [4.69, 9.17) is 0 Å². The van der Waals surface area contributed by atoms with Gasteiger partial charge >= 0.3 is 0 Å². The van der Waals surface area contributed by atoms with Gasteiger partial charge in [-0.15, -0.1) is 11.3 Å². The Bertz CT molecular complexity index is 3380. The Morgan fingerprint density at radius 3 is 1.62 bits per heavy atom. The number of hydrogen-bond donors (Lipinski definition) is 0. The molecule has 0 spiro atoms. The Morgan fingerprint density at radius 2 is 0.929 bits per heavy atom. The first-order valence-corrected chi connectivity index (χ1v) is 20.4. The first kappa shape index (κ1) is 31.8. The second-order valence-corrected chi connectivity index (χ2v) is 17.0. The lowest BCUT2D eigenvalue weighted by Crippen LogP contribution is -2.15. The van der Waals surface area contributed by atoms with E-state index in [-0.39, 0.29) is 5.41 Å². The molecule has 1 aliphatic carbocycles. The van der Waals surface area contributed by atoms with Gasteiger partial charge < -0.3 is 0 Å². The summed E-state index contributed by atoms with van der Waals surface area (Å²) in [6, 6.07) is 68.1. The summed E-state index contributed by atoms with van der Waals surface area (Å²) in [5.74, 6) is 0. The zero-order chi connectivity index (χ0) is 37.1. The minimum Gasteiger partial charge on any atom is -0.135 e. The summed E-state index contributed by atoms with van der Waals surface area (Å²) in [6.07, 6.45) is 0. The van der Waals surface area contributed by atoms with Gasteiger partial charge in [0.1, 0.15) is 0 Å². The Kier molecular flexibility index (Phi) is 6.66. The van der Waals surface area contributed by atoms with Gasteiger partial charge in [0.25, 0.3) is 0 Å². The molecule has 1 aromatic heterocycles. The molecule has 1 aliphatic rings. The molecule has 0 saturated carbocycles. The van der Waals surface area contributed by atoms with Crippen LogP contribution in [0.5, 0.6) is 0 Å². The maximum absolute atomic E-state index is 2.49. The summed E-state index contributed by atoms with van der Waals surface area (Å²) in [5.41, 5.74) is 13.0. The van der Waals surface area contributed by atoms with Crippen molar-refractivity contribution in [3.8, 4) is 44.5 Å². The average molecular weight is 729 g/mol. The van der Waals surface area contributed by atoms with Crippen LogP contribution in [0.3, 0.4) is 0 Å². The van der Waals surface area contributed by atoms with Crippen LogP contribution in [0, 0.1) is 0 Å². The van der Waals surface area contributed by atoms with E-state index in [2.05, 4.69) is 196 Å². The van der Waals surface area contributed by atoms with Crippen molar-refractivity contribution in [2.45, 2.75) is 19.3 Å². The summed E-state index contributed by atoms with van der Waals surface area (Å²) in [6.45, 7) is 4.85. The lowest BCUT2D eigenvalue weighted by Gasteiger charge is -2.23. The third kappa shape index (κ3) is 4.47. The molecule has 1 heteroatoms. The highest BCUT2D eigenvalue weighted by molar-refractivity contribution is 7.26. The van der Waals surface area contributed by atoms with Crippen molar-refractivity contribution in [2.75, 3.05) is 0 Å². The third-order valence-corrected chi connectivity index (χ3v) is 13.8. The SMILES string of the molecule is CC1(C)c2ccc(-c3c4ccccc4c(-c4ccc5cc(-c6ccccc6)ccc5c4)c4ccccc34)cc2-c2ccc3sc4c5ccccc5ccc4c3c21. The van der Waals surface area contributed by atoms with E-state index in [9.17, 15) is 0 Å². The van der Waals surface area contributed by atoms with Gasteiger partial charge in [0.05, 0.1) is 0 Å². The zero-order valence-electron chi connectivity index (χ0n) is 31.2. The van der Waals surface area contributed by atoms with Crippen molar-refractivity contribution >= 4 is 74.6 Å². The van der Waals surface area contributed by atoms with Crippen LogP contribution in [0.15, 0.2) is 182 Å². The van der Waals surface area contributed by atoms with Gasteiger partial charge in [-0.2, -0.15) is 0 Å². The van der Waals surface area contributed by atoms with Crippen molar-refractivity contribution in [2.24, 2.45) is 0 Å². The van der Waals surface area contributed by atoms with Gasteiger partial charge in [-0.25, -0.2) is 0 Å². The van der Waals surface area contributed by atoms with Crippen LogP contribution in [0.25, 0.3) is 108 Å². The molecule has 11 aromatic rings. The van der Waals surface area contributed by atoms with Crippen molar-refractivity contribution in [1.29, 1.82) is 0 Å². The normalized spacial score (nSPS) is 13.3. The van der Waals surface area contributed by atoms with E-state index in [1.807, 2.05) is 11.3 Å². The monoisotopic (exact) mass is 728 g/mol. The number of rotatable bonds is 3. The highest BCUT2D eigenvalue weighted by Gasteiger charge is 2.38. The van der Waals surface area contributed by atoms with E-state index in [1.54, 1.807) is 0 Å². The minimum atomic E-state index is -0.131. The number of thiophene rings is 1. The van der Waals surface area contributed by atoms with Crippen LogP contribution < -0.4 is 0 Å². The summed E-state index contributed by atoms with van der Waals surface area (Å²) >= 11 is 1.94. The van der Waals surface area contributed by atoms with E-state index in [1.165, 1.54) is 119 Å². The van der Waals surface area contributed by atoms with Gasteiger partial charge in [-0.1, -0.05) is 172 Å². The van der Waals surface area contributed by atoms with Crippen molar-refractivity contribution in [3.05, 3.63) is 193 Å². The molecule has 0 aliphatic heterocycles. The maximum atomic E-state index is 2.49. The van der Waals surface area contributed by atoms with Gasteiger partial charge in [0.15, 0.2) is 0 Å². The van der Waals surface area contributed by atoms with E-state index in [0.717, 1.165) is 0 Å². The minimum absolute atomic E-state index is 0.131. The largest absolute Gasteiger partial charge is 0.135 e. The molecule has 0 atom stereocenters. The molecule has 10 aromatic carbocycles. The summed E-state index contributed by atoms with van der Waals surface area (Å²) in [7, 11) is 0. The van der Waals surface area contributed by atoms with Gasteiger partial charge in [-0.3, -0.25) is 0 Å². The molecule has 0 amide bonds. The quantitative estimate of drug-likeness (QED) is 0.159. The predicted octanol–water partition coefficient (Wildman–Crippen LogP) is 16.0. The molecule has 56 heavy (non-hydrogen) atoms. The third-order valence-electron chi connectivity index (χ3n) is 12.6. The standard InChI is InChI=1S/C55H36S/c1-55(2)48-28-25-39(32-47(48)45-27-29-49-52(53(45)55)46-26-24-34-14-6-7-15-40(34)54(46)56-49)51-43-18-10-8-16-41(43)50(42-17-9-11-19-44(42)51)38-23-22-36-30-35(20-21-37(36)31-38)33-12-4-3-5-13-33/h3-32H,1-2H3. The summed E-state index contributed by atoms with van der Waals surface area (Å²) in [4.78, 5) is 0. The second-order valence-electron chi connectivity index (χ2n) is 16.0. The Morgan fingerprint density at radius 1 is 0.375 bits per heavy atom. The topological polar surface area (TPSA) is 0 Å². The number of hydrogen-bond acceptors (Lipinski definition) is 1. The molecular weight excluding hydrogens is 693 g/mol. The van der Waals surface area contributed by atoms with Crippen LogP contribution in [-0.2, 0) is 5.41 Å². The smallest absolute Gasteiger partial charge is 0.0433 e. The fraction of sp³-hybridized carbons (Fsp3) is 0.0545. The van der Waals surface area contributed by atoms with E-state index >= 15 is 0 Å². The molecule has 262 valence electrons. The first-order valence-electron chi connectivity index (χ1n) is 19.6. The molecule has 0 nitrogen and oxygen atoms in total. The van der Waals surface area contributed by atoms with E-state index < -0.39 is 0 Å². The molecule has 0 saturated heterocycles. The number of benzene rings is 10. The molecule has 0 unspecified atom stereocenters. The Labute approximate surface area is 329 Å². The molecule has 0 fully saturated rings. The van der Waals surface area contributed by atoms with Gasteiger partial charge in [-0.05, 0) is 123 Å². The van der Waals surface area contributed by atoms with Crippen molar-refractivity contribution < 1.29 is 0 Å². The van der Waals surface area contributed by atoms with Crippen LogP contribution >= 0.6 is 11.3 Å². The molecule has 1 heterocycles. The molecule has 0 bridgehead atoms. The molecule has 0 radical (unpaired) electrons. The predicted molar refractivity (Wildman–Crippen MR) is 243 cm³/mol.